The van der Waals surface area contributed by atoms with Crippen LogP contribution < -0.4 is 25.4 Å². The molecule has 49 heavy (non-hydrogen) atoms. The van der Waals surface area contributed by atoms with Crippen molar-refractivity contribution in [2.24, 2.45) is 0 Å². The number of amides is 3. The number of thiazole rings is 1. The molecule has 250 valence electrons. The fourth-order valence-electron chi connectivity index (χ4n) is 4.68. The summed E-state index contributed by atoms with van der Waals surface area (Å²) in [5, 5.41) is 10.9. The number of anilines is 2. The first kappa shape index (κ1) is 34.9. The van der Waals surface area contributed by atoms with Crippen LogP contribution in [0.2, 0.25) is 0 Å². The van der Waals surface area contributed by atoms with Gasteiger partial charge in [0.2, 0.25) is 5.91 Å². The number of methoxy groups -OCH3 is 2. The van der Waals surface area contributed by atoms with Gasteiger partial charge in [-0.3, -0.25) is 14.4 Å². The summed E-state index contributed by atoms with van der Waals surface area (Å²) in [7, 11) is 3.16. The van der Waals surface area contributed by atoms with E-state index >= 15 is 0 Å². The topological polar surface area (TPSA) is 119 Å². The molecule has 1 heterocycles. The van der Waals surface area contributed by atoms with Gasteiger partial charge in [0.15, 0.2) is 16.6 Å². The highest BCUT2D eigenvalue weighted by molar-refractivity contribution is 8.00. The number of nitrogens with zero attached hydrogens (tertiary/aromatic N) is 1. The summed E-state index contributed by atoms with van der Waals surface area (Å²) < 4.78 is 10.7. The third kappa shape index (κ3) is 9.59. The highest BCUT2D eigenvalue weighted by Gasteiger charge is 2.16. The molecule has 0 aliphatic heterocycles. The van der Waals surface area contributed by atoms with Gasteiger partial charge in [-0.15, -0.1) is 23.1 Å². The predicted molar refractivity (Wildman–Crippen MR) is 197 cm³/mol. The third-order valence-corrected chi connectivity index (χ3v) is 9.12. The minimum absolute atomic E-state index is 0.109. The molecule has 11 heteroatoms. The van der Waals surface area contributed by atoms with Crippen molar-refractivity contribution in [3.05, 3.63) is 125 Å². The van der Waals surface area contributed by atoms with Crippen LogP contribution in [-0.4, -0.2) is 42.7 Å². The Morgan fingerprint density at radius 2 is 1.57 bits per heavy atom. The first-order valence-corrected chi connectivity index (χ1v) is 17.3. The number of ether oxygens (including phenoxy) is 2. The summed E-state index contributed by atoms with van der Waals surface area (Å²) in [6.45, 7) is 4.23. The van der Waals surface area contributed by atoms with Gasteiger partial charge in [-0.25, -0.2) is 4.98 Å². The van der Waals surface area contributed by atoms with E-state index in [2.05, 4.69) is 34.8 Å². The van der Waals surface area contributed by atoms with Crippen LogP contribution in [0.15, 0.2) is 113 Å². The summed E-state index contributed by atoms with van der Waals surface area (Å²) in [6.07, 6.45) is 1.66. The summed E-state index contributed by atoms with van der Waals surface area (Å²) in [5.41, 5.74) is 4.61. The number of carbonyl (C=O) groups is 3. The van der Waals surface area contributed by atoms with E-state index in [1.807, 2.05) is 66.0 Å². The van der Waals surface area contributed by atoms with Crippen LogP contribution in [0.5, 0.6) is 11.5 Å². The minimum atomic E-state index is -0.465. The van der Waals surface area contributed by atoms with E-state index in [4.69, 9.17) is 9.47 Å². The maximum absolute atomic E-state index is 13.4. The fourth-order valence-corrected chi connectivity index (χ4v) is 6.12. The highest BCUT2D eigenvalue weighted by atomic mass is 32.2. The van der Waals surface area contributed by atoms with Crippen LogP contribution in [0.1, 0.15) is 41.3 Å². The Balaban J connectivity index is 1.19. The number of nitrogens with one attached hydrogen (secondary N) is 3. The van der Waals surface area contributed by atoms with Crippen molar-refractivity contribution in [3.8, 4) is 22.8 Å². The molecule has 4 aromatic carbocycles. The van der Waals surface area contributed by atoms with Gasteiger partial charge >= 0.3 is 0 Å². The van der Waals surface area contributed by atoms with Crippen LogP contribution in [-0.2, 0) is 9.59 Å². The molecule has 0 saturated heterocycles. The van der Waals surface area contributed by atoms with Crippen LogP contribution in [0.3, 0.4) is 0 Å². The van der Waals surface area contributed by atoms with Gasteiger partial charge in [-0.2, -0.15) is 0 Å². The first-order chi connectivity index (χ1) is 23.7. The van der Waals surface area contributed by atoms with Crippen molar-refractivity contribution in [2.75, 3.05) is 30.6 Å². The van der Waals surface area contributed by atoms with E-state index in [-0.39, 0.29) is 23.3 Å². The quantitative estimate of drug-likeness (QED) is 0.0843. The fraction of sp³-hybridized carbons (Fsp3) is 0.158. The van der Waals surface area contributed by atoms with Crippen LogP contribution in [0, 0.1) is 0 Å². The monoisotopic (exact) mass is 692 g/mol. The average Bonchev–Trinajstić information content (AvgIpc) is 3.59. The lowest BCUT2D eigenvalue weighted by molar-refractivity contribution is -0.114. The van der Waals surface area contributed by atoms with Crippen molar-refractivity contribution in [2.45, 2.75) is 24.7 Å². The molecule has 0 saturated carbocycles. The molecule has 3 N–H and O–H groups in total. The molecular formula is C38H36N4O5S2. The zero-order valence-electron chi connectivity index (χ0n) is 27.5. The Kier molecular flexibility index (Phi) is 11.9. The normalized spacial score (nSPS) is 11.2. The zero-order chi connectivity index (χ0) is 34.8. The van der Waals surface area contributed by atoms with Crippen molar-refractivity contribution < 1.29 is 23.9 Å². The van der Waals surface area contributed by atoms with Crippen molar-refractivity contribution in [1.29, 1.82) is 0 Å². The largest absolute Gasteiger partial charge is 0.493 e. The van der Waals surface area contributed by atoms with E-state index in [1.165, 1.54) is 28.7 Å². The average molecular weight is 693 g/mol. The molecule has 5 rings (SSSR count). The molecule has 0 aliphatic carbocycles. The number of rotatable bonds is 13. The lowest BCUT2D eigenvalue weighted by atomic mass is 10.0. The van der Waals surface area contributed by atoms with Crippen LogP contribution in [0.4, 0.5) is 10.8 Å². The van der Waals surface area contributed by atoms with Gasteiger partial charge in [0.1, 0.15) is 5.70 Å². The van der Waals surface area contributed by atoms with E-state index in [9.17, 15) is 14.4 Å². The van der Waals surface area contributed by atoms with Gasteiger partial charge < -0.3 is 25.4 Å². The second kappa shape index (κ2) is 16.6. The van der Waals surface area contributed by atoms with Crippen molar-refractivity contribution in [3.63, 3.8) is 0 Å². The zero-order valence-corrected chi connectivity index (χ0v) is 29.1. The molecule has 0 fully saturated rings. The number of hydrogen-bond donors (Lipinski definition) is 3. The SMILES string of the molecule is COc1ccc(-c2csc(NC(=O)CSc3ccc(NC(=O)/C(=C/c4ccc(C(C)C)cc4)NC(=O)c4ccccc4)cc3)n2)cc1OC. The second-order valence-corrected chi connectivity index (χ2v) is 13.0. The van der Waals surface area contributed by atoms with Crippen molar-refractivity contribution >= 4 is 57.7 Å². The van der Waals surface area contributed by atoms with Gasteiger partial charge in [-0.1, -0.05) is 56.3 Å². The standard InChI is InChI=1S/C38H36N4O5S2/c1-24(2)26-12-10-25(11-13-26)20-31(40-36(44)27-8-6-5-7-9-27)37(45)39-29-15-17-30(18-16-29)48-23-35(43)42-38-41-32(22-49-38)28-14-19-33(46-3)34(21-28)47-4/h5-22,24H,23H2,1-4H3,(H,39,45)(H,40,44)(H,41,42,43)/b31-20-. The molecule has 1 aromatic heterocycles. The molecule has 9 nitrogen and oxygen atoms in total. The molecule has 0 aliphatic rings. The van der Waals surface area contributed by atoms with Crippen molar-refractivity contribution in [1.82, 2.24) is 10.3 Å². The summed E-state index contributed by atoms with van der Waals surface area (Å²) in [4.78, 5) is 44.5. The number of aromatic nitrogens is 1. The predicted octanol–water partition coefficient (Wildman–Crippen LogP) is 8.09. The number of benzene rings is 4. The summed E-state index contributed by atoms with van der Waals surface area (Å²) in [6, 6.07) is 29.3. The van der Waals surface area contributed by atoms with E-state index in [0.29, 0.717) is 39.5 Å². The Morgan fingerprint density at radius 1 is 0.857 bits per heavy atom. The number of carbonyl (C=O) groups excluding carboxylic acids is 3. The maximum atomic E-state index is 13.4. The van der Waals surface area contributed by atoms with E-state index < -0.39 is 5.91 Å². The number of thioether (sulfide) groups is 1. The molecule has 0 bridgehead atoms. The van der Waals surface area contributed by atoms with Gasteiger partial charge in [0.05, 0.1) is 25.7 Å². The Morgan fingerprint density at radius 3 is 2.24 bits per heavy atom. The van der Waals surface area contributed by atoms with E-state index in [1.54, 1.807) is 56.7 Å². The molecule has 0 spiro atoms. The van der Waals surface area contributed by atoms with E-state index in [0.717, 1.165) is 16.0 Å². The highest BCUT2D eigenvalue weighted by Crippen LogP contribution is 2.33. The molecule has 3 amide bonds. The molecular weight excluding hydrogens is 657 g/mol. The van der Waals surface area contributed by atoms with Crippen LogP contribution >= 0.6 is 23.1 Å². The lowest BCUT2D eigenvalue weighted by Gasteiger charge is -2.12. The minimum Gasteiger partial charge on any atom is -0.493 e. The number of hydrogen-bond acceptors (Lipinski definition) is 8. The summed E-state index contributed by atoms with van der Waals surface area (Å²) >= 11 is 2.69. The lowest BCUT2D eigenvalue weighted by Crippen LogP contribution is -2.30. The van der Waals surface area contributed by atoms with Gasteiger partial charge in [0.25, 0.3) is 11.8 Å². The van der Waals surface area contributed by atoms with Crippen LogP contribution in [0.25, 0.3) is 17.3 Å². The van der Waals surface area contributed by atoms with Gasteiger partial charge in [0, 0.05) is 27.1 Å². The maximum Gasteiger partial charge on any atom is 0.272 e. The molecule has 5 aromatic rings. The Bertz CT molecular complexity index is 1940. The molecule has 0 radical (unpaired) electrons. The Labute approximate surface area is 293 Å². The molecule has 0 atom stereocenters. The first-order valence-electron chi connectivity index (χ1n) is 15.4. The van der Waals surface area contributed by atoms with Gasteiger partial charge in [-0.05, 0) is 77.7 Å². The smallest absolute Gasteiger partial charge is 0.272 e. The third-order valence-electron chi connectivity index (χ3n) is 7.35. The molecule has 0 unspecified atom stereocenters. The Hall–Kier alpha value is -5.39. The second-order valence-electron chi connectivity index (χ2n) is 11.1. The summed E-state index contributed by atoms with van der Waals surface area (Å²) in [5.74, 6) is 0.718.